The molecule has 2 heterocycles. The first kappa shape index (κ1) is 16.1. The largest absolute Gasteiger partial charge is 0.494 e. The van der Waals surface area contributed by atoms with Crippen LogP contribution in [0.5, 0.6) is 5.75 Å². The number of rotatable bonds is 7. The minimum absolute atomic E-state index is 0.385. The van der Waals surface area contributed by atoms with Gasteiger partial charge in [-0.1, -0.05) is 24.2 Å². The maximum absolute atomic E-state index is 5.51. The zero-order valence-corrected chi connectivity index (χ0v) is 14.1. The van der Waals surface area contributed by atoms with Crippen LogP contribution in [-0.4, -0.2) is 23.2 Å². The van der Waals surface area contributed by atoms with Crippen molar-refractivity contribution < 1.29 is 9.26 Å². The highest BCUT2D eigenvalue weighted by molar-refractivity contribution is 5.27. The highest BCUT2D eigenvalue weighted by Gasteiger charge is 2.28. The molecule has 1 atom stereocenters. The molecule has 1 fully saturated rings. The monoisotopic (exact) mass is 314 g/mol. The summed E-state index contributed by atoms with van der Waals surface area (Å²) in [7, 11) is 0. The summed E-state index contributed by atoms with van der Waals surface area (Å²) in [5.74, 6) is 1.95. The average molecular weight is 314 g/mol. The third kappa shape index (κ3) is 3.94. The summed E-state index contributed by atoms with van der Waals surface area (Å²) in [6.07, 6.45) is 4.45. The zero-order chi connectivity index (χ0) is 16.1. The first-order valence-corrected chi connectivity index (χ1v) is 8.71. The van der Waals surface area contributed by atoms with Crippen molar-refractivity contribution >= 4 is 0 Å². The number of benzene rings is 1. The molecule has 1 aliphatic rings. The number of ether oxygens (including phenoxy) is 1. The van der Waals surface area contributed by atoms with E-state index in [0.29, 0.717) is 12.6 Å². The van der Waals surface area contributed by atoms with E-state index in [-0.39, 0.29) is 0 Å². The highest BCUT2D eigenvalue weighted by atomic mass is 16.5. The van der Waals surface area contributed by atoms with E-state index in [1.165, 1.54) is 12.0 Å². The third-order valence-electron chi connectivity index (χ3n) is 4.40. The summed E-state index contributed by atoms with van der Waals surface area (Å²) in [5, 5.41) is 4.31. The van der Waals surface area contributed by atoms with E-state index in [1.54, 1.807) is 0 Å². The highest BCUT2D eigenvalue weighted by Crippen LogP contribution is 2.33. The Morgan fingerprint density at radius 1 is 1.26 bits per heavy atom. The van der Waals surface area contributed by atoms with Gasteiger partial charge in [-0.3, -0.25) is 4.90 Å². The van der Waals surface area contributed by atoms with Crippen LogP contribution < -0.4 is 4.74 Å². The van der Waals surface area contributed by atoms with Crippen LogP contribution in [0.4, 0.5) is 0 Å². The predicted octanol–water partition coefficient (Wildman–Crippen LogP) is 4.36. The lowest BCUT2D eigenvalue weighted by Gasteiger charge is -2.22. The van der Waals surface area contributed by atoms with Crippen molar-refractivity contribution in [2.75, 3.05) is 13.2 Å². The van der Waals surface area contributed by atoms with Crippen LogP contribution in [-0.2, 0) is 13.0 Å². The molecule has 3 rings (SSSR count). The quantitative estimate of drug-likeness (QED) is 0.761. The first-order valence-electron chi connectivity index (χ1n) is 8.71. The van der Waals surface area contributed by atoms with E-state index >= 15 is 0 Å². The number of hydrogen-bond acceptors (Lipinski definition) is 4. The topological polar surface area (TPSA) is 38.5 Å². The molecule has 23 heavy (non-hydrogen) atoms. The van der Waals surface area contributed by atoms with Gasteiger partial charge in [-0.25, -0.2) is 0 Å². The molecule has 1 aromatic heterocycles. The van der Waals surface area contributed by atoms with E-state index in [1.807, 2.05) is 6.92 Å². The van der Waals surface area contributed by atoms with Gasteiger partial charge in [0.25, 0.3) is 0 Å². The molecule has 1 aliphatic heterocycles. The van der Waals surface area contributed by atoms with Crippen molar-refractivity contribution in [2.45, 2.75) is 52.1 Å². The van der Waals surface area contributed by atoms with Crippen LogP contribution >= 0.6 is 0 Å². The molecule has 0 N–H and O–H groups in total. The van der Waals surface area contributed by atoms with Crippen molar-refractivity contribution in [3.63, 3.8) is 0 Å². The molecular weight excluding hydrogens is 288 g/mol. The molecule has 4 heteroatoms. The lowest BCUT2D eigenvalue weighted by molar-refractivity contribution is 0.236. The molecule has 1 aromatic carbocycles. The SMILES string of the molecule is CCCc1cc([C@@H]2CCCN2Cc2ccc(OCC)cc2)no1. The number of nitrogens with zero attached hydrogens (tertiary/aromatic N) is 2. The van der Waals surface area contributed by atoms with Crippen LogP contribution in [0.25, 0.3) is 0 Å². The zero-order valence-electron chi connectivity index (χ0n) is 14.1. The van der Waals surface area contributed by atoms with Gasteiger partial charge in [-0.05, 0) is 50.4 Å². The van der Waals surface area contributed by atoms with Crippen LogP contribution in [0.2, 0.25) is 0 Å². The second-order valence-corrected chi connectivity index (χ2v) is 6.17. The Hall–Kier alpha value is -1.81. The van der Waals surface area contributed by atoms with Gasteiger partial charge in [0.2, 0.25) is 0 Å². The Balaban J connectivity index is 1.66. The molecule has 4 nitrogen and oxygen atoms in total. The molecule has 0 spiro atoms. The van der Waals surface area contributed by atoms with E-state index in [0.717, 1.165) is 49.6 Å². The van der Waals surface area contributed by atoms with E-state index in [2.05, 4.69) is 47.3 Å². The smallest absolute Gasteiger partial charge is 0.137 e. The summed E-state index contributed by atoms with van der Waals surface area (Å²) in [6.45, 7) is 6.95. The molecular formula is C19H26N2O2. The van der Waals surface area contributed by atoms with Gasteiger partial charge in [0, 0.05) is 19.0 Å². The van der Waals surface area contributed by atoms with E-state index in [4.69, 9.17) is 9.26 Å². The van der Waals surface area contributed by atoms with Gasteiger partial charge in [0.15, 0.2) is 0 Å². The van der Waals surface area contributed by atoms with Crippen LogP contribution in [0.15, 0.2) is 34.9 Å². The molecule has 1 saturated heterocycles. The number of aromatic nitrogens is 1. The van der Waals surface area contributed by atoms with Crippen molar-refractivity contribution in [1.29, 1.82) is 0 Å². The van der Waals surface area contributed by atoms with Gasteiger partial charge in [0.05, 0.1) is 12.6 Å². The molecule has 0 aliphatic carbocycles. The lowest BCUT2D eigenvalue weighted by atomic mass is 10.1. The minimum Gasteiger partial charge on any atom is -0.494 e. The summed E-state index contributed by atoms with van der Waals surface area (Å²) < 4.78 is 11.0. The first-order chi connectivity index (χ1) is 11.3. The van der Waals surface area contributed by atoms with Crippen LogP contribution in [0, 0.1) is 0 Å². The molecule has 0 bridgehead atoms. The van der Waals surface area contributed by atoms with E-state index < -0.39 is 0 Å². The van der Waals surface area contributed by atoms with Gasteiger partial charge in [-0.15, -0.1) is 0 Å². The molecule has 124 valence electrons. The molecule has 0 unspecified atom stereocenters. The van der Waals surface area contributed by atoms with Crippen LogP contribution in [0.1, 0.15) is 56.2 Å². The molecule has 2 aromatic rings. The fourth-order valence-corrected chi connectivity index (χ4v) is 3.29. The Bertz CT molecular complexity index is 606. The van der Waals surface area contributed by atoms with Gasteiger partial charge < -0.3 is 9.26 Å². The Morgan fingerprint density at radius 2 is 2.09 bits per heavy atom. The fourth-order valence-electron chi connectivity index (χ4n) is 3.29. The number of likely N-dealkylation sites (tertiary alicyclic amines) is 1. The average Bonchev–Trinajstić information content (AvgIpc) is 3.19. The second-order valence-electron chi connectivity index (χ2n) is 6.17. The second kappa shape index (κ2) is 7.64. The summed E-state index contributed by atoms with van der Waals surface area (Å²) in [4.78, 5) is 2.50. The Morgan fingerprint density at radius 3 is 2.83 bits per heavy atom. The summed E-state index contributed by atoms with van der Waals surface area (Å²) >= 11 is 0. The minimum atomic E-state index is 0.385. The fraction of sp³-hybridized carbons (Fsp3) is 0.526. The third-order valence-corrected chi connectivity index (χ3v) is 4.40. The van der Waals surface area contributed by atoms with Crippen molar-refractivity contribution in [2.24, 2.45) is 0 Å². The Labute approximate surface area is 138 Å². The number of aryl methyl sites for hydroxylation is 1. The normalized spacial score (nSPS) is 18.4. The van der Waals surface area contributed by atoms with Crippen molar-refractivity contribution in [1.82, 2.24) is 10.1 Å². The van der Waals surface area contributed by atoms with Crippen molar-refractivity contribution in [3.8, 4) is 5.75 Å². The lowest BCUT2D eigenvalue weighted by Crippen LogP contribution is -2.22. The molecule has 0 radical (unpaired) electrons. The number of hydrogen-bond donors (Lipinski definition) is 0. The van der Waals surface area contributed by atoms with E-state index in [9.17, 15) is 0 Å². The van der Waals surface area contributed by atoms with Gasteiger partial charge in [-0.2, -0.15) is 0 Å². The molecule has 0 saturated carbocycles. The van der Waals surface area contributed by atoms with Crippen molar-refractivity contribution in [3.05, 3.63) is 47.3 Å². The molecule has 0 amide bonds. The summed E-state index contributed by atoms with van der Waals surface area (Å²) in [6, 6.07) is 11.0. The predicted molar refractivity (Wildman–Crippen MR) is 90.5 cm³/mol. The van der Waals surface area contributed by atoms with Crippen LogP contribution in [0.3, 0.4) is 0 Å². The standard InChI is InChI=1S/C19H26N2O2/c1-3-6-17-13-18(20-23-17)19-7-5-12-21(19)14-15-8-10-16(11-9-15)22-4-2/h8-11,13,19H,3-7,12,14H2,1-2H3/t19-/m0/s1. The van der Waals surface area contributed by atoms with Gasteiger partial charge >= 0.3 is 0 Å². The van der Waals surface area contributed by atoms with Gasteiger partial charge in [0.1, 0.15) is 17.2 Å². The maximum Gasteiger partial charge on any atom is 0.137 e. The Kier molecular flexibility index (Phi) is 5.34. The maximum atomic E-state index is 5.51. The summed E-state index contributed by atoms with van der Waals surface area (Å²) in [5.41, 5.74) is 2.41.